The molecule has 0 bridgehead atoms. The highest BCUT2D eigenvalue weighted by Gasteiger charge is 2.52. The summed E-state index contributed by atoms with van der Waals surface area (Å²) in [5.74, 6) is -1.18. The number of amides is 3. The first-order valence-electron chi connectivity index (χ1n) is 11.7. The summed E-state index contributed by atoms with van der Waals surface area (Å²) < 4.78 is 45.3. The molecule has 8 nitrogen and oxygen atoms in total. The number of carbonyl (C=O) groups is 3. The number of methoxy groups -OCH3 is 1. The van der Waals surface area contributed by atoms with Gasteiger partial charge in [0, 0.05) is 11.4 Å². The number of alkyl halides is 3. The average molecular weight is 537 g/mol. The van der Waals surface area contributed by atoms with E-state index in [0.717, 1.165) is 12.1 Å². The van der Waals surface area contributed by atoms with Crippen molar-refractivity contribution in [2.24, 2.45) is 0 Å². The van der Waals surface area contributed by atoms with Crippen LogP contribution in [0.2, 0.25) is 0 Å². The Morgan fingerprint density at radius 1 is 1.05 bits per heavy atom. The van der Waals surface area contributed by atoms with Gasteiger partial charge >= 0.3 is 18.2 Å². The van der Waals surface area contributed by atoms with Crippen molar-refractivity contribution < 1.29 is 32.3 Å². The van der Waals surface area contributed by atoms with Gasteiger partial charge in [-0.05, 0) is 67.9 Å². The summed E-state index contributed by atoms with van der Waals surface area (Å²) in [4.78, 5) is 40.5. The van der Waals surface area contributed by atoms with Gasteiger partial charge in [0.1, 0.15) is 5.54 Å². The van der Waals surface area contributed by atoms with Crippen molar-refractivity contribution in [1.82, 2.24) is 4.90 Å². The van der Waals surface area contributed by atoms with Crippen LogP contribution < -0.4 is 10.2 Å². The SMILES string of the molecule is COC(=O)c1ccc(Nc2ccccc2CN2C(=O)N(c3ccc(C#N)c(C(F)(F)F)c3)C(=O)C2(C)C)cc1. The third-order valence-electron chi connectivity index (χ3n) is 6.44. The number of nitrogens with zero attached hydrogens (tertiary/aromatic N) is 3. The molecule has 4 rings (SSSR count). The summed E-state index contributed by atoms with van der Waals surface area (Å²) >= 11 is 0. The standard InChI is InChI=1S/C28H23F3N4O4/c1-27(2)25(37)35(21-13-10-18(15-32)22(14-21)28(29,30)31)26(38)34(27)16-19-6-4-5-7-23(19)33-20-11-8-17(9-12-20)24(36)39-3/h4-14,33H,16H2,1-3H3. The predicted molar refractivity (Wildman–Crippen MR) is 136 cm³/mol. The molecular formula is C28H23F3N4O4. The molecule has 1 saturated heterocycles. The van der Waals surface area contributed by atoms with Crippen LogP contribution in [-0.4, -0.2) is 35.5 Å². The number of nitrogens with one attached hydrogen (secondary N) is 1. The Morgan fingerprint density at radius 3 is 2.33 bits per heavy atom. The number of esters is 1. The van der Waals surface area contributed by atoms with Crippen LogP contribution in [0, 0.1) is 11.3 Å². The summed E-state index contributed by atoms with van der Waals surface area (Å²) in [6, 6.07) is 17.0. The van der Waals surface area contributed by atoms with Gasteiger partial charge in [-0.1, -0.05) is 18.2 Å². The number of anilines is 3. The number of nitriles is 1. The smallest absolute Gasteiger partial charge is 0.417 e. The van der Waals surface area contributed by atoms with Crippen LogP contribution in [0.25, 0.3) is 0 Å². The van der Waals surface area contributed by atoms with Crippen LogP contribution in [0.5, 0.6) is 0 Å². The molecule has 3 amide bonds. The molecule has 0 radical (unpaired) electrons. The fourth-order valence-electron chi connectivity index (χ4n) is 4.25. The van der Waals surface area contributed by atoms with Crippen molar-refractivity contribution in [3.05, 3.63) is 89.0 Å². The Morgan fingerprint density at radius 2 is 1.72 bits per heavy atom. The lowest BCUT2D eigenvalue weighted by atomic mass is 10.0. The zero-order valence-electron chi connectivity index (χ0n) is 21.2. The maximum atomic E-state index is 13.5. The van der Waals surface area contributed by atoms with Gasteiger partial charge in [-0.25, -0.2) is 14.5 Å². The normalized spacial score (nSPS) is 14.8. The Labute approximate surface area is 222 Å². The minimum atomic E-state index is -4.85. The molecule has 3 aromatic carbocycles. The van der Waals surface area contributed by atoms with Crippen LogP contribution in [0.1, 0.15) is 40.9 Å². The van der Waals surface area contributed by atoms with Gasteiger partial charge in [-0.3, -0.25) is 4.79 Å². The minimum Gasteiger partial charge on any atom is -0.465 e. The number of benzene rings is 3. The zero-order valence-corrected chi connectivity index (χ0v) is 21.2. The van der Waals surface area contributed by atoms with E-state index in [1.807, 2.05) is 0 Å². The number of carbonyl (C=O) groups excluding carboxylic acids is 3. The molecule has 0 atom stereocenters. The molecule has 200 valence electrons. The second-order valence-corrected chi connectivity index (χ2v) is 9.26. The molecule has 1 fully saturated rings. The Bertz CT molecular complexity index is 1490. The third kappa shape index (κ3) is 5.13. The first-order valence-corrected chi connectivity index (χ1v) is 11.7. The molecule has 0 saturated carbocycles. The van der Waals surface area contributed by atoms with Crippen LogP contribution in [0.15, 0.2) is 66.7 Å². The number of ether oxygens (including phenoxy) is 1. The maximum absolute atomic E-state index is 13.5. The molecule has 39 heavy (non-hydrogen) atoms. The number of halogens is 3. The minimum absolute atomic E-state index is 0.0279. The highest BCUT2D eigenvalue weighted by molar-refractivity contribution is 6.23. The van der Waals surface area contributed by atoms with E-state index in [4.69, 9.17) is 10.00 Å². The summed E-state index contributed by atoms with van der Waals surface area (Å²) in [6.45, 7) is 3.01. The molecule has 0 spiro atoms. The van der Waals surface area contributed by atoms with Gasteiger partial charge in [-0.15, -0.1) is 0 Å². The van der Waals surface area contributed by atoms with E-state index in [9.17, 15) is 27.6 Å². The van der Waals surface area contributed by atoms with Crippen LogP contribution in [0.3, 0.4) is 0 Å². The molecule has 0 aromatic heterocycles. The van der Waals surface area contributed by atoms with Crippen LogP contribution in [-0.2, 0) is 22.3 Å². The van der Waals surface area contributed by atoms with Crippen molar-refractivity contribution in [3.8, 4) is 6.07 Å². The van der Waals surface area contributed by atoms with Gasteiger partial charge < -0.3 is 15.0 Å². The van der Waals surface area contributed by atoms with Gasteiger partial charge in [0.2, 0.25) is 0 Å². The zero-order chi connectivity index (χ0) is 28.5. The van der Waals surface area contributed by atoms with Crippen molar-refractivity contribution in [2.45, 2.75) is 32.1 Å². The number of hydrogen-bond donors (Lipinski definition) is 1. The Balaban J connectivity index is 1.64. The van der Waals surface area contributed by atoms with E-state index >= 15 is 0 Å². The maximum Gasteiger partial charge on any atom is 0.417 e. The Hall–Kier alpha value is -4.85. The summed E-state index contributed by atoms with van der Waals surface area (Å²) in [5.41, 5.74) is -1.21. The van der Waals surface area contributed by atoms with Gasteiger partial charge in [0.05, 0.1) is 42.1 Å². The molecule has 0 aliphatic carbocycles. The van der Waals surface area contributed by atoms with E-state index in [-0.39, 0.29) is 12.2 Å². The largest absolute Gasteiger partial charge is 0.465 e. The first kappa shape index (κ1) is 27.2. The molecule has 0 unspecified atom stereocenters. The molecule has 1 N–H and O–H groups in total. The highest BCUT2D eigenvalue weighted by Crippen LogP contribution is 2.38. The first-order chi connectivity index (χ1) is 18.4. The predicted octanol–water partition coefficient (Wildman–Crippen LogP) is 5.85. The van der Waals surface area contributed by atoms with E-state index in [1.54, 1.807) is 48.5 Å². The van der Waals surface area contributed by atoms with Crippen molar-refractivity contribution in [1.29, 1.82) is 5.26 Å². The van der Waals surface area contributed by atoms with Gasteiger partial charge in [0.25, 0.3) is 5.91 Å². The summed E-state index contributed by atoms with van der Waals surface area (Å²) in [7, 11) is 1.29. The highest BCUT2D eigenvalue weighted by atomic mass is 19.4. The van der Waals surface area contributed by atoms with Gasteiger partial charge in [-0.2, -0.15) is 18.4 Å². The van der Waals surface area contributed by atoms with Crippen LogP contribution >= 0.6 is 0 Å². The monoisotopic (exact) mass is 536 g/mol. The van der Waals surface area contributed by atoms with Crippen molar-refractivity contribution in [2.75, 3.05) is 17.3 Å². The lowest BCUT2D eigenvalue weighted by molar-refractivity contribution is -0.137. The number of rotatable bonds is 6. The third-order valence-corrected chi connectivity index (χ3v) is 6.44. The summed E-state index contributed by atoms with van der Waals surface area (Å²) in [5, 5.41) is 12.3. The van der Waals surface area contributed by atoms with E-state index in [2.05, 4.69) is 5.32 Å². The Kier molecular flexibility index (Phi) is 7.07. The molecule has 1 aliphatic rings. The van der Waals surface area contributed by atoms with Crippen molar-refractivity contribution in [3.63, 3.8) is 0 Å². The van der Waals surface area contributed by atoms with Crippen LogP contribution in [0.4, 0.5) is 35.0 Å². The number of urea groups is 1. The summed E-state index contributed by atoms with van der Waals surface area (Å²) in [6.07, 6.45) is -4.85. The molecule has 1 heterocycles. The number of para-hydroxylation sites is 1. The van der Waals surface area contributed by atoms with E-state index in [0.29, 0.717) is 33.5 Å². The second-order valence-electron chi connectivity index (χ2n) is 9.26. The fourth-order valence-corrected chi connectivity index (χ4v) is 4.25. The molecular weight excluding hydrogens is 513 g/mol. The number of hydrogen-bond acceptors (Lipinski definition) is 6. The quantitative estimate of drug-likeness (QED) is 0.313. The van der Waals surface area contributed by atoms with E-state index in [1.165, 1.54) is 31.9 Å². The lowest BCUT2D eigenvalue weighted by Crippen LogP contribution is -2.43. The fraction of sp³-hybridized carbons (Fsp3) is 0.214. The van der Waals surface area contributed by atoms with Gasteiger partial charge in [0.15, 0.2) is 0 Å². The lowest BCUT2D eigenvalue weighted by Gasteiger charge is -2.28. The molecule has 11 heteroatoms. The number of imide groups is 1. The van der Waals surface area contributed by atoms with E-state index < -0.39 is 40.7 Å². The average Bonchev–Trinajstić information content (AvgIpc) is 3.07. The molecule has 3 aromatic rings. The van der Waals surface area contributed by atoms with Crippen molar-refractivity contribution >= 4 is 35.0 Å². The second kappa shape index (κ2) is 10.1. The molecule has 1 aliphatic heterocycles. The topological polar surface area (TPSA) is 103 Å².